The second-order valence-corrected chi connectivity index (χ2v) is 14.4. The van der Waals surface area contributed by atoms with Crippen LogP contribution >= 0.6 is 35.2 Å². The average molecular weight is 724 g/mol. The lowest BCUT2D eigenvalue weighted by Crippen LogP contribution is -2.41. The zero-order valence-corrected chi connectivity index (χ0v) is 32.0. The van der Waals surface area contributed by atoms with Crippen LogP contribution in [-0.2, 0) is 15.8 Å². The van der Waals surface area contributed by atoms with Gasteiger partial charge in [0.1, 0.15) is 0 Å². The molecule has 0 amide bonds. The molecule has 3 aromatic rings. The van der Waals surface area contributed by atoms with Gasteiger partial charge in [-0.05, 0) is 122 Å². The first-order valence-corrected chi connectivity index (χ1v) is 18.8. The van der Waals surface area contributed by atoms with Crippen LogP contribution in [-0.4, -0.2) is 5.71 Å². The van der Waals surface area contributed by atoms with Gasteiger partial charge in [-0.2, -0.15) is 4.33 Å². The molecule has 4 rings (SSSR count). The lowest BCUT2D eigenvalue weighted by Gasteiger charge is -2.19. The third-order valence-corrected chi connectivity index (χ3v) is 10.1. The molecule has 3 aromatic carbocycles. The standard InChI is InChI=1S/C23H22Cl2N2.C18H30O3S/c1-12-8-16(9-13(2)22(12)26)20(21-18(24)6-5-7-19(21)25)17-10-14(3)23(27)15(4)11-17;1-2-3-4-5-6-7-8-9-10-11-12-17-13-15-18(16-14-17)22-21-20-19/h5-11,26H,27H2,1-4H3;13-16,19H,2-12H2,1H3. The fourth-order valence-corrected chi connectivity index (χ4v) is 6.95. The van der Waals surface area contributed by atoms with Crippen LogP contribution in [0.15, 0.2) is 88.4 Å². The van der Waals surface area contributed by atoms with E-state index in [9.17, 15) is 5.26 Å². The Balaban J connectivity index is 0.000000272. The fraction of sp³-hybridized carbons (Fsp3) is 0.390. The van der Waals surface area contributed by atoms with Gasteiger partial charge in [-0.1, -0.05) is 106 Å². The summed E-state index contributed by atoms with van der Waals surface area (Å²) < 4.78 is 4.29. The molecule has 264 valence electrons. The van der Waals surface area contributed by atoms with Gasteiger partial charge in [-0.25, -0.2) is 0 Å². The van der Waals surface area contributed by atoms with E-state index in [-0.39, 0.29) is 0 Å². The molecule has 0 fully saturated rings. The summed E-state index contributed by atoms with van der Waals surface area (Å²) in [5, 5.41) is 20.5. The average Bonchev–Trinajstić information content (AvgIpc) is 3.08. The highest BCUT2D eigenvalue weighted by molar-refractivity contribution is 7.94. The van der Waals surface area contributed by atoms with Gasteiger partial charge in [0.05, 0.1) is 12.0 Å². The number of nitrogen functional groups attached to an aromatic ring is 1. The van der Waals surface area contributed by atoms with Crippen LogP contribution < -0.4 is 16.4 Å². The zero-order valence-electron chi connectivity index (χ0n) is 29.7. The van der Waals surface area contributed by atoms with Crippen LogP contribution in [0.4, 0.5) is 5.69 Å². The van der Waals surface area contributed by atoms with Crippen LogP contribution in [0.25, 0.3) is 5.57 Å². The topological polar surface area (TPSA) is 93.1 Å². The van der Waals surface area contributed by atoms with E-state index in [1.165, 1.54) is 69.8 Å². The van der Waals surface area contributed by atoms with Crippen molar-refractivity contribution in [1.82, 2.24) is 0 Å². The molecule has 0 aliphatic heterocycles. The molecule has 49 heavy (non-hydrogen) atoms. The van der Waals surface area contributed by atoms with Gasteiger partial charge in [-0.15, -0.1) is 0 Å². The highest BCUT2D eigenvalue weighted by Crippen LogP contribution is 2.40. The molecule has 5 nitrogen and oxygen atoms in total. The summed E-state index contributed by atoms with van der Waals surface area (Å²) in [4.78, 5) is 0.877. The molecule has 1 aliphatic rings. The number of allylic oxidation sites excluding steroid dienone is 5. The smallest absolute Gasteiger partial charge is 0.202 e. The largest absolute Gasteiger partial charge is 0.691 e. The number of aryl methyl sites for hydroxylation is 3. The first-order valence-electron chi connectivity index (χ1n) is 17.3. The highest BCUT2D eigenvalue weighted by Gasteiger charge is 2.22. The maximum absolute atomic E-state index is 9.74. The van der Waals surface area contributed by atoms with Crippen molar-refractivity contribution in [3.63, 3.8) is 0 Å². The molecule has 0 spiro atoms. The number of unbranched alkanes of at least 4 members (excludes halogenated alkanes) is 9. The van der Waals surface area contributed by atoms with Gasteiger partial charge in [-0.3, -0.25) is 10.4 Å². The summed E-state index contributed by atoms with van der Waals surface area (Å²) in [5.41, 5.74) is 17.0. The van der Waals surface area contributed by atoms with Gasteiger partial charge < -0.3 is 11.0 Å². The van der Waals surface area contributed by atoms with Gasteiger partial charge >= 0.3 is 0 Å². The van der Waals surface area contributed by atoms with Crippen molar-refractivity contribution in [3.05, 3.63) is 121 Å². The summed E-state index contributed by atoms with van der Waals surface area (Å²) in [6.45, 7) is 10.3. The summed E-state index contributed by atoms with van der Waals surface area (Å²) in [6.07, 6.45) is 19.0. The van der Waals surface area contributed by atoms with E-state index in [0.29, 0.717) is 10.0 Å². The molecule has 1 aliphatic carbocycles. The molecule has 0 aromatic heterocycles. The number of anilines is 1. The summed E-state index contributed by atoms with van der Waals surface area (Å²) in [7, 11) is 0. The van der Waals surface area contributed by atoms with Crippen molar-refractivity contribution >= 4 is 52.2 Å². The van der Waals surface area contributed by atoms with Crippen molar-refractivity contribution < 1.29 is 20.0 Å². The third kappa shape index (κ3) is 12.8. The van der Waals surface area contributed by atoms with E-state index in [1.807, 2.05) is 58.0 Å². The van der Waals surface area contributed by atoms with Gasteiger partial charge in [0.25, 0.3) is 0 Å². The normalized spacial score (nSPS) is 12.7. The van der Waals surface area contributed by atoms with Crippen LogP contribution in [0, 0.1) is 13.8 Å². The molecule has 4 N–H and O–H groups in total. The first-order chi connectivity index (χ1) is 23.6. The highest BCUT2D eigenvalue weighted by atomic mass is 35.5. The number of nitrogens with two attached hydrogens (primary N) is 2. The number of hydrogen-bond acceptors (Lipinski definition) is 5. The molecular formula is C41H52Cl2N2O3S. The van der Waals surface area contributed by atoms with E-state index in [1.54, 1.807) is 0 Å². The van der Waals surface area contributed by atoms with Gasteiger partial charge in [0.2, 0.25) is 5.71 Å². The molecule has 8 heteroatoms. The van der Waals surface area contributed by atoms with E-state index in [2.05, 4.69) is 52.7 Å². The van der Waals surface area contributed by atoms with Crippen LogP contribution in [0.1, 0.15) is 113 Å². The predicted octanol–water partition coefficient (Wildman–Crippen LogP) is 10.5. The Morgan fingerprint density at radius 2 is 1.29 bits per heavy atom. The van der Waals surface area contributed by atoms with E-state index in [0.717, 1.165) is 79.3 Å². The summed E-state index contributed by atoms with van der Waals surface area (Å²) in [5.74, 6) is 0. The second kappa shape index (κ2) is 21.4. The van der Waals surface area contributed by atoms with Crippen molar-refractivity contribution in [2.24, 2.45) is 0 Å². The lowest BCUT2D eigenvalue weighted by atomic mass is 9.85. The Bertz CT molecular complexity index is 1560. The molecule has 0 saturated heterocycles. The number of rotatable bonds is 16. The number of hydrogen-bond donors (Lipinski definition) is 2. The minimum absolute atomic E-state index is 0.608. The maximum atomic E-state index is 9.74. The number of benzene rings is 3. The van der Waals surface area contributed by atoms with Gasteiger partial charge in [0, 0.05) is 37.3 Å². The van der Waals surface area contributed by atoms with E-state index < -0.39 is 0 Å². The van der Waals surface area contributed by atoms with Gasteiger partial charge in [0.15, 0.2) is 0 Å². The molecule has 0 radical (unpaired) electrons. The van der Waals surface area contributed by atoms with E-state index in [4.69, 9.17) is 34.3 Å². The van der Waals surface area contributed by atoms with Crippen LogP contribution in [0.2, 0.25) is 10.0 Å². The minimum Gasteiger partial charge on any atom is -0.691 e. The fourth-order valence-electron chi connectivity index (χ4n) is 6.01. The lowest BCUT2D eigenvalue weighted by molar-refractivity contribution is -0.777. The first kappa shape index (κ1) is 40.6. The Kier molecular flexibility index (Phi) is 17.7. The predicted molar refractivity (Wildman–Crippen MR) is 207 cm³/mol. The molecule has 0 saturated carbocycles. The Labute approximate surface area is 308 Å². The minimum atomic E-state index is 0.608. The zero-order chi connectivity index (χ0) is 35.8. The van der Waals surface area contributed by atoms with Crippen molar-refractivity contribution in [1.29, 1.82) is 0 Å². The molecule has 0 atom stereocenters. The Morgan fingerprint density at radius 3 is 1.80 bits per heavy atom. The summed E-state index contributed by atoms with van der Waals surface area (Å²) >= 11 is 14.1. The Morgan fingerprint density at radius 1 is 0.776 bits per heavy atom. The van der Waals surface area contributed by atoms with E-state index >= 15 is 0 Å². The van der Waals surface area contributed by atoms with Crippen molar-refractivity contribution in [3.8, 4) is 0 Å². The molecule has 0 heterocycles. The third-order valence-electron chi connectivity index (χ3n) is 8.88. The SMILES string of the molecule is CC1=CC(=C(c2cc(C)c(N)c(C)c2)c2c(Cl)cccc2Cl)C=C(C)C1=[NH2+].CCCCCCCCCCCCc1ccc(SOO[O-])cc1. The quantitative estimate of drug-likeness (QED) is 0.0505. The van der Waals surface area contributed by atoms with Crippen molar-refractivity contribution in [2.75, 3.05) is 5.73 Å². The monoisotopic (exact) mass is 722 g/mol. The molecular weight excluding hydrogens is 671 g/mol. The Hall–Kier alpha value is -2.84. The van der Waals surface area contributed by atoms with Crippen molar-refractivity contribution in [2.45, 2.75) is 110 Å². The molecule has 0 unspecified atom stereocenters. The summed E-state index contributed by atoms with van der Waals surface area (Å²) in [6, 6.07) is 17.8. The number of halogens is 2. The van der Waals surface area contributed by atoms with Crippen LogP contribution in [0.5, 0.6) is 0 Å². The maximum Gasteiger partial charge on any atom is 0.202 e. The second-order valence-electron chi connectivity index (χ2n) is 12.8. The molecule has 0 bridgehead atoms. The van der Waals surface area contributed by atoms with Crippen LogP contribution in [0.3, 0.4) is 0 Å².